The number of hydrogen-bond acceptors (Lipinski definition) is 17. The van der Waals surface area contributed by atoms with E-state index in [1.54, 1.807) is 0 Å². The quantitative estimate of drug-likeness (QED) is 0.131. The molecule has 0 aliphatic carbocycles. The molecule has 4 heterocycles. The van der Waals surface area contributed by atoms with E-state index in [1.165, 1.54) is 45.2 Å². The van der Waals surface area contributed by atoms with Crippen molar-refractivity contribution in [2.24, 2.45) is 0 Å². The van der Waals surface area contributed by atoms with Crippen molar-refractivity contribution in [1.82, 2.24) is 0 Å². The third-order valence-electron chi connectivity index (χ3n) is 8.13. The van der Waals surface area contributed by atoms with Crippen molar-refractivity contribution >= 4 is 11.0 Å². The average molecular weight is 647 g/mol. The van der Waals surface area contributed by atoms with Crippen LogP contribution in [0.1, 0.15) is 13.8 Å². The van der Waals surface area contributed by atoms with E-state index in [0.717, 1.165) is 0 Å². The first kappa shape index (κ1) is 33.9. The predicted molar refractivity (Wildman–Crippen MR) is 146 cm³/mol. The van der Waals surface area contributed by atoms with Crippen molar-refractivity contribution in [3.63, 3.8) is 0 Å². The molecule has 3 aliphatic rings. The summed E-state index contributed by atoms with van der Waals surface area (Å²) in [4.78, 5) is 11.8. The predicted octanol–water partition coefficient (Wildman–Crippen LogP) is -3.32. The summed E-state index contributed by atoms with van der Waals surface area (Å²) in [5.74, 6) is 0.0978. The molecule has 252 valence electrons. The van der Waals surface area contributed by atoms with Gasteiger partial charge in [0, 0.05) is 17.5 Å². The van der Waals surface area contributed by atoms with Crippen molar-refractivity contribution in [2.75, 3.05) is 13.7 Å². The van der Waals surface area contributed by atoms with Gasteiger partial charge in [-0.05, 0) is 26.0 Å². The van der Waals surface area contributed by atoms with Crippen molar-refractivity contribution in [2.45, 2.75) is 106 Å². The number of aliphatic hydroxyl groups is 8. The summed E-state index contributed by atoms with van der Waals surface area (Å²) in [6, 6.07) is 5.56. The van der Waals surface area contributed by atoms with Gasteiger partial charge in [0.1, 0.15) is 60.5 Å². The lowest BCUT2D eigenvalue weighted by Gasteiger charge is -2.46. The van der Waals surface area contributed by atoms with Gasteiger partial charge in [-0.2, -0.15) is 0 Å². The van der Waals surface area contributed by atoms with Gasteiger partial charge in [0.2, 0.25) is 6.29 Å². The number of aliphatic hydroxyl groups excluding tert-OH is 8. The molecule has 0 bridgehead atoms. The van der Waals surface area contributed by atoms with Crippen LogP contribution in [0.15, 0.2) is 33.5 Å². The van der Waals surface area contributed by atoms with Crippen molar-refractivity contribution < 1.29 is 78.4 Å². The number of rotatable bonds is 8. The third-order valence-corrected chi connectivity index (χ3v) is 8.13. The molecule has 3 aliphatic heterocycles. The van der Waals surface area contributed by atoms with Gasteiger partial charge in [-0.1, -0.05) is 0 Å². The van der Waals surface area contributed by atoms with Gasteiger partial charge in [-0.25, -0.2) is 4.79 Å². The highest BCUT2D eigenvalue weighted by Crippen LogP contribution is 2.36. The first-order valence-electron chi connectivity index (χ1n) is 14.3. The fourth-order valence-electron chi connectivity index (χ4n) is 5.36. The lowest BCUT2D eigenvalue weighted by atomic mass is 9.97. The topological polar surface area (TPSA) is 257 Å². The van der Waals surface area contributed by atoms with Crippen LogP contribution in [0.3, 0.4) is 0 Å². The number of hydrogen-bond donors (Lipinski definition) is 8. The smallest absolute Gasteiger partial charge is 0.336 e. The van der Waals surface area contributed by atoms with Gasteiger partial charge in [0.25, 0.3) is 0 Å². The lowest BCUT2D eigenvalue weighted by Crippen LogP contribution is -2.65. The minimum absolute atomic E-state index is 0.0490. The van der Waals surface area contributed by atoms with Gasteiger partial charge in [0.05, 0.1) is 25.9 Å². The lowest BCUT2D eigenvalue weighted by molar-refractivity contribution is -0.360. The zero-order chi connectivity index (χ0) is 32.7. The van der Waals surface area contributed by atoms with Gasteiger partial charge >= 0.3 is 5.63 Å². The summed E-state index contributed by atoms with van der Waals surface area (Å²) in [5, 5.41) is 83.9. The van der Waals surface area contributed by atoms with Gasteiger partial charge < -0.3 is 78.4 Å². The second-order valence-corrected chi connectivity index (χ2v) is 11.2. The Kier molecular flexibility index (Phi) is 10.3. The van der Waals surface area contributed by atoms with Crippen LogP contribution in [-0.4, -0.2) is 147 Å². The second-order valence-electron chi connectivity index (χ2n) is 11.2. The Bertz CT molecular complexity index is 1350. The van der Waals surface area contributed by atoms with Crippen LogP contribution in [0.25, 0.3) is 11.0 Å². The minimum atomic E-state index is -1.82. The van der Waals surface area contributed by atoms with Gasteiger partial charge in [0.15, 0.2) is 30.2 Å². The maximum atomic E-state index is 11.8. The minimum Gasteiger partial charge on any atom is -0.493 e. The van der Waals surface area contributed by atoms with Crippen molar-refractivity contribution in [3.8, 4) is 11.5 Å². The Morgan fingerprint density at radius 1 is 0.689 bits per heavy atom. The van der Waals surface area contributed by atoms with E-state index in [1.807, 2.05) is 0 Å². The molecule has 15 atom stereocenters. The fraction of sp³-hybridized carbons (Fsp3) is 0.679. The molecule has 0 amide bonds. The molecule has 17 heteroatoms. The highest BCUT2D eigenvalue weighted by Gasteiger charge is 2.52. The zero-order valence-electron chi connectivity index (χ0n) is 24.4. The van der Waals surface area contributed by atoms with E-state index < -0.39 is 104 Å². The van der Waals surface area contributed by atoms with Crippen LogP contribution < -0.4 is 15.1 Å². The summed E-state index contributed by atoms with van der Waals surface area (Å²) in [6.07, 6.45) is -22.7. The largest absolute Gasteiger partial charge is 0.493 e. The molecule has 0 saturated carbocycles. The van der Waals surface area contributed by atoms with Crippen LogP contribution >= 0.6 is 0 Å². The van der Waals surface area contributed by atoms with Crippen LogP contribution in [-0.2, 0) is 23.7 Å². The maximum Gasteiger partial charge on any atom is 0.336 e. The molecule has 3 fully saturated rings. The molecule has 8 N–H and O–H groups in total. The summed E-state index contributed by atoms with van der Waals surface area (Å²) < 4.78 is 44.9. The summed E-state index contributed by atoms with van der Waals surface area (Å²) in [5.41, 5.74) is -0.524. The molecular weight excluding hydrogens is 608 g/mol. The zero-order valence-corrected chi connectivity index (χ0v) is 24.4. The Hall–Kier alpha value is -2.49. The van der Waals surface area contributed by atoms with E-state index in [4.69, 9.17) is 37.6 Å². The Morgan fingerprint density at radius 3 is 1.96 bits per heavy atom. The third kappa shape index (κ3) is 6.82. The monoisotopic (exact) mass is 646 g/mol. The van der Waals surface area contributed by atoms with Gasteiger partial charge in [-0.3, -0.25) is 0 Å². The first-order valence-corrected chi connectivity index (χ1v) is 14.3. The normalized spacial score (nSPS) is 42.4. The summed E-state index contributed by atoms with van der Waals surface area (Å²) in [7, 11) is 1.35. The first-order chi connectivity index (χ1) is 21.3. The van der Waals surface area contributed by atoms with Crippen LogP contribution in [0.4, 0.5) is 0 Å². The average Bonchev–Trinajstić information content (AvgIpc) is 3.02. The van der Waals surface area contributed by atoms with Crippen molar-refractivity contribution in [1.29, 1.82) is 0 Å². The standard InChI is InChI=1S/C28H38O17/c1-9-17(30)20(33)23(36)26(40-9)39-8-15-19(32)22(35)25(45-27-24(37)21(34)18(31)10(2)41-27)28(44-15)43-14-7-12-11(6-13(14)38-3)4-5-16(29)42-12/h4-7,9-10,15,17-28,30-37H,8H2,1-3H3. The van der Waals surface area contributed by atoms with Gasteiger partial charge in [-0.15, -0.1) is 0 Å². The highest BCUT2D eigenvalue weighted by molar-refractivity contribution is 5.80. The van der Waals surface area contributed by atoms with Crippen molar-refractivity contribution in [3.05, 3.63) is 34.7 Å². The van der Waals surface area contributed by atoms with E-state index in [0.29, 0.717) is 5.39 Å². The molecule has 17 nitrogen and oxygen atoms in total. The molecule has 3 saturated heterocycles. The van der Waals surface area contributed by atoms with Crippen LogP contribution in [0.2, 0.25) is 0 Å². The molecule has 45 heavy (non-hydrogen) atoms. The molecule has 5 rings (SSSR count). The Morgan fingerprint density at radius 2 is 1.31 bits per heavy atom. The molecule has 2 aromatic rings. The van der Waals surface area contributed by atoms with Crippen LogP contribution in [0, 0.1) is 0 Å². The number of benzene rings is 1. The second kappa shape index (κ2) is 13.7. The summed E-state index contributed by atoms with van der Waals surface area (Å²) in [6.45, 7) is 2.35. The molecule has 1 aromatic heterocycles. The van der Waals surface area contributed by atoms with E-state index in [2.05, 4.69) is 0 Å². The number of ether oxygens (including phenoxy) is 7. The Balaban J connectivity index is 1.42. The van der Waals surface area contributed by atoms with Crippen LogP contribution in [0.5, 0.6) is 11.5 Å². The van der Waals surface area contributed by atoms with E-state index in [-0.39, 0.29) is 17.1 Å². The number of methoxy groups -OCH3 is 1. The van der Waals surface area contributed by atoms with E-state index in [9.17, 15) is 45.6 Å². The highest BCUT2D eigenvalue weighted by atomic mass is 16.8. The SMILES string of the molecule is COc1cc2ccc(=O)oc2cc1OC1OC(COC2OC(C)C(O)C(O)C2O)C(O)C(O)C1OC1OC(C)C(O)C(O)C1O. The molecule has 0 radical (unpaired) electrons. The molecule has 1 aromatic carbocycles. The summed E-state index contributed by atoms with van der Waals surface area (Å²) >= 11 is 0. The Labute approximate surface area is 255 Å². The van der Waals surface area contributed by atoms with E-state index >= 15 is 0 Å². The molecule has 0 spiro atoms. The maximum absolute atomic E-state index is 11.8. The fourth-order valence-corrected chi connectivity index (χ4v) is 5.36. The number of fused-ring (bicyclic) bond motifs is 1. The molecule has 15 unspecified atom stereocenters. The molecular formula is C28H38O17.